The summed E-state index contributed by atoms with van der Waals surface area (Å²) in [6.45, 7) is 0. The highest BCUT2D eigenvalue weighted by atomic mass is 35.5. The van der Waals surface area contributed by atoms with Gasteiger partial charge in [-0.3, -0.25) is 0 Å². The Bertz CT molecular complexity index is 1410. The largest absolute Gasteiger partial charge is 0.308 e. The molecular formula is C24H21Cl3N4O2S2. The minimum Gasteiger partial charge on any atom is -0.308 e. The number of halogens is 3. The van der Waals surface area contributed by atoms with Crippen molar-refractivity contribution in [2.24, 2.45) is 7.05 Å². The molecule has 0 aliphatic rings. The lowest BCUT2D eigenvalue weighted by atomic mass is 10.1. The Balaban J connectivity index is 1.60. The molecular weight excluding hydrogens is 547 g/mol. The first kappa shape index (κ1) is 26.0. The third kappa shape index (κ3) is 6.58. The van der Waals surface area contributed by atoms with Crippen LogP contribution in [0.1, 0.15) is 23.0 Å². The van der Waals surface area contributed by atoms with Crippen LogP contribution in [0.4, 0.5) is 0 Å². The van der Waals surface area contributed by atoms with Crippen LogP contribution >= 0.6 is 46.6 Å². The molecule has 1 N–H and O–H groups in total. The van der Waals surface area contributed by atoms with Gasteiger partial charge in [0.15, 0.2) is 11.0 Å². The number of aromatic nitrogens is 3. The van der Waals surface area contributed by atoms with E-state index in [9.17, 15) is 8.42 Å². The van der Waals surface area contributed by atoms with Gasteiger partial charge in [0.25, 0.3) is 0 Å². The van der Waals surface area contributed by atoms with Gasteiger partial charge in [-0.15, -0.1) is 10.2 Å². The topological polar surface area (TPSA) is 76.9 Å². The summed E-state index contributed by atoms with van der Waals surface area (Å²) < 4.78 is 30.9. The number of nitrogens with one attached hydrogen (secondary N) is 1. The Morgan fingerprint density at radius 2 is 1.63 bits per heavy atom. The van der Waals surface area contributed by atoms with E-state index in [1.54, 1.807) is 22.8 Å². The Morgan fingerprint density at radius 3 is 2.31 bits per heavy atom. The van der Waals surface area contributed by atoms with Crippen molar-refractivity contribution in [3.05, 3.63) is 105 Å². The van der Waals surface area contributed by atoms with Crippen LogP contribution in [-0.2, 0) is 29.2 Å². The van der Waals surface area contributed by atoms with Crippen molar-refractivity contribution in [1.82, 2.24) is 19.5 Å². The molecule has 0 aliphatic heterocycles. The minimum absolute atomic E-state index is 0.122. The summed E-state index contributed by atoms with van der Waals surface area (Å²) in [5.74, 6) is 1.10. The van der Waals surface area contributed by atoms with Crippen LogP contribution in [0.2, 0.25) is 15.1 Å². The number of sulfonamides is 1. The van der Waals surface area contributed by atoms with Crippen molar-refractivity contribution >= 4 is 56.6 Å². The quantitative estimate of drug-likeness (QED) is 0.239. The van der Waals surface area contributed by atoms with Gasteiger partial charge >= 0.3 is 0 Å². The second kappa shape index (κ2) is 11.3. The van der Waals surface area contributed by atoms with Gasteiger partial charge in [-0.1, -0.05) is 83.0 Å². The van der Waals surface area contributed by atoms with E-state index in [0.717, 1.165) is 11.1 Å². The molecule has 0 bridgehead atoms. The zero-order chi connectivity index (χ0) is 25.0. The predicted octanol–water partition coefficient (Wildman–Crippen LogP) is 6.33. The highest BCUT2D eigenvalue weighted by molar-refractivity contribution is 7.98. The summed E-state index contributed by atoms with van der Waals surface area (Å²) >= 11 is 19.5. The fraction of sp³-hybridized carbons (Fsp3) is 0.167. The lowest BCUT2D eigenvalue weighted by molar-refractivity contribution is 0.530. The molecule has 1 aromatic heterocycles. The van der Waals surface area contributed by atoms with Crippen LogP contribution in [0.3, 0.4) is 0 Å². The average Bonchev–Trinajstić information content (AvgIpc) is 3.20. The van der Waals surface area contributed by atoms with Gasteiger partial charge in [0.05, 0.1) is 21.0 Å². The molecule has 0 amide bonds. The molecule has 0 aliphatic carbocycles. The number of rotatable bonds is 9. The second-order valence-corrected chi connectivity index (χ2v) is 11.7. The molecule has 3 aromatic carbocycles. The van der Waals surface area contributed by atoms with E-state index in [1.807, 2.05) is 49.5 Å². The van der Waals surface area contributed by atoms with E-state index in [1.165, 1.54) is 23.9 Å². The van der Waals surface area contributed by atoms with Gasteiger partial charge in [-0.2, -0.15) is 0 Å². The van der Waals surface area contributed by atoms with Crippen molar-refractivity contribution < 1.29 is 8.42 Å². The SMILES string of the molecule is Cn1c(SCc2ccc(Cl)c(Cl)c2)nnc1[C@H](Cc1ccccc1)NS(=O)(=O)c1ccc(Cl)cc1. The smallest absolute Gasteiger partial charge is 0.241 e. The third-order valence-electron chi connectivity index (χ3n) is 5.24. The summed E-state index contributed by atoms with van der Waals surface area (Å²) in [7, 11) is -2.02. The molecule has 1 heterocycles. The molecule has 0 spiro atoms. The van der Waals surface area contributed by atoms with Crippen molar-refractivity contribution in [2.45, 2.75) is 28.3 Å². The van der Waals surface area contributed by atoms with E-state index in [2.05, 4.69) is 14.9 Å². The molecule has 0 unspecified atom stereocenters. The average molecular weight is 568 g/mol. The first-order chi connectivity index (χ1) is 16.7. The van der Waals surface area contributed by atoms with Gasteiger partial charge < -0.3 is 4.57 Å². The Labute approximate surface area is 223 Å². The van der Waals surface area contributed by atoms with Gasteiger partial charge in [0.1, 0.15) is 0 Å². The number of hydrogen-bond acceptors (Lipinski definition) is 5. The maximum atomic E-state index is 13.2. The van der Waals surface area contributed by atoms with E-state index >= 15 is 0 Å². The van der Waals surface area contributed by atoms with Crippen LogP contribution in [0, 0.1) is 0 Å². The standard InChI is InChI=1S/C24H21Cl3N4O2S2/c1-31-23(28-29-24(31)34-15-17-7-12-20(26)21(27)13-17)22(14-16-5-3-2-4-6-16)30-35(32,33)19-10-8-18(25)9-11-19/h2-13,22,30H,14-15H2,1H3/t22-/m0/s1. The molecule has 182 valence electrons. The summed E-state index contributed by atoms with van der Waals surface area (Å²) in [6, 6.07) is 20.5. The highest BCUT2D eigenvalue weighted by Gasteiger charge is 2.26. The number of thioether (sulfide) groups is 1. The summed E-state index contributed by atoms with van der Waals surface area (Å²) in [5, 5.41) is 10.8. The maximum absolute atomic E-state index is 13.2. The van der Waals surface area contributed by atoms with Crippen molar-refractivity contribution in [3.8, 4) is 0 Å². The van der Waals surface area contributed by atoms with Gasteiger partial charge in [0, 0.05) is 17.8 Å². The van der Waals surface area contributed by atoms with Crippen LogP contribution < -0.4 is 4.72 Å². The van der Waals surface area contributed by atoms with Crippen LogP contribution in [-0.4, -0.2) is 23.2 Å². The number of nitrogens with zero attached hydrogens (tertiary/aromatic N) is 3. The molecule has 0 saturated heterocycles. The first-order valence-electron chi connectivity index (χ1n) is 10.5. The Morgan fingerprint density at radius 1 is 0.914 bits per heavy atom. The van der Waals surface area contributed by atoms with E-state index in [0.29, 0.717) is 38.2 Å². The third-order valence-corrected chi connectivity index (χ3v) is 8.81. The van der Waals surface area contributed by atoms with Gasteiger partial charge in [-0.05, 0) is 53.9 Å². The van der Waals surface area contributed by atoms with Crippen LogP contribution in [0.5, 0.6) is 0 Å². The fourth-order valence-electron chi connectivity index (χ4n) is 3.44. The minimum atomic E-state index is -3.84. The van der Waals surface area contributed by atoms with E-state index in [-0.39, 0.29) is 4.90 Å². The number of benzene rings is 3. The van der Waals surface area contributed by atoms with E-state index < -0.39 is 16.1 Å². The molecule has 0 fully saturated rings. The van der Waals surface area contributed by atoms with Crippen LogP contribution in [0.25, 0.3) is 0 Å². The summed E-state index contributed by atoms with van der Waals surface area (Å²) in [6.07, 6.45) is 0.400. The first-order valence-corrected chi connectivity index (χ1v) is 14.1. The van der Waals surface area contributed by atoms with Gasteiger partial charge in [-0.25, -0.2) is 13.1 Å². The monoisotopic (exact) mass is 566 g/mol. The normalized spacial score (nSPS) is 12.6. The fourth-order valence-corrected chi connectivity index (χ4v) is 5.94. The molecule has 6 nitrogen and oxygen atoms in total. The van der Waals surface area contributed by atoms with Crippen molar-refractivity contribution in [3.63, 3.8) is 0 Å². The molecule has 35 heavy (non-hydrogen) atoms. The zero-order valence-electron chi connectivity index (χ0n) is 18.5. The predicted molar refractivity (Wildman–Crippen MR) is 142 cm³/mol. The highest BCUT2D eigenvalue weighted by Crippen LogP contribution is 2.29. The molecule has 11 heteroatoms. The van der Waals surface area contributed by atoms with Crippen molar-refractivity contribution in [1.29, 1.82) is 0 Å². The molecule has 4 aromatic rings. The maximum Gasteiger partial charge on any atom is 0.241 e. The summed E-state index contributed by atoms with van der Waals surface area (Å²) in [4.78, 5) is 0.122. The lowest BCUT2D eigenvalue weighted by Crippen LogP contribution is -2.32. The molecule has 4 rings (SSSR count). The van der Waals surface area contributed by atoms with Gasteiger partial charge in [0.2, 0.25) is 10.0 Å². The zero-order valence-corrected chi connectivity index (χ0v) is 22.4. The molecule has 1 atom stereocenters. The van der Waals surface area contributed by atoms with E-state index in [4.69, 9.17) is 34.8 Å². The Hall–Kier alpha value is -2.07. The number of hydrogen-bond donors (Lipinski definition) is 1. The summed E-state index contributed by atoms with van der Waals surface area (Å²) in [5.41, 5.74) is 1.95. The molecule has 0 saturated carbocycles. The molecule has 0 radical (unpaired) electrons. The lowest BCUT2D eigenvalue weighted by Gasteiger charge is -2.19. The Kier molecular flexibility index (Phi) is 8.42. The second-order valence-electron chi connectivity index (χ2n) is 7.75. The van der Waals surface area contributed by atoms with Crippen molar-refractivity contribution in [2.75, 3.05) is 0 Å². The van der Waals surface area contributed by atoms with Crippen LogP contribution in [0.15, 0.2) is 82.8 Å².